The molecule has 0 aliphatic heterocycles. The van der Waals surface area contributed by atoms with Gasteiger partial charge in [-0.15, -0.1) is 6.58 Å². The van der Waals surface area contributed by atoms with Gasteiger partial charge in [-0.1, -0.05) is 19.9 Å². The monoisotopic (exact) mass is 187 g/mol. The maximum absolute atomic E-state index is 10.7. The Labute approximate surface area is 78.3 Å². The van der Waals surface area contributed by atoms with Gasteiger partial charge in [0.25, 0.3) is 0 Å². The Bertz CT molecular complexity index is 180. The van der Waals surface area contributed by atoms with Crippen LogP contribution in [0, 0.1) is 5.92 Å². The Morgan fingerprint density at radius 2 is 2.15 bits per heavy atom. The lowest BCUT2D eigenvalue weighted by Crippen LogP contribution is -2.47. The Balaban J connectivity index is 4.24. The maximum Gasteiger partial charge on any atom is 0.320 e. The minimum Gasteiger partial charge on any atom is -0.480 e. The van der Waals surface area contributed by atoms with Gasteiger partial charge in [0.1, 0.15) is 6.04 Å². The molecule has 0 fully saturated rings. The van der Waals surface area contributed by atoms with Crippen LogP contribution in [0.5, 0.6) is 0 Å². The van der Waals surface area contributed by atoms with Crippen LogP contribution in [0.15, 0.2) is 12.7 Å². The molecule has 4 nitrogen and oxygen atoms in total. The van der Waals surface area contributed by atoms with Gasteiger partial charge in [-0.05, 0) is 5.92 Å². The van der Waals surface area contributed by atoms with E-state index in [9.17, 15) is 4.79 Å². The zero-order valence-electron chi connectivity index (χ0n) is 8.03. The summed E-state index contributed by atoms with van der Waals surface area (Å²) < 4.78 is 0. The largest absolute Gasteiger partial charge is 0.480 e. The lowest BCUT2D eigenvalue weighted by molar-refractivity contribution is -0.140. The summed E-state index contributed by atoms with van der Waals surface area (Å²) in [5.41, 5.74) is 0. The van der Waals surface area contributed by atoms with E-state index < -0.39 is 12.0 Å². The standard InChI is InChI=1S/C9H17NO3/c1-4-7(5-11)10-8(6(2)3)9(12)13/h4,6-8,10-11H,1,5H2,2-3H3,(H,12,13). The number of nitrogens with one attached hydrogen (secondary N) is 1. The van der Waals surface area contributed by atoms with Crippen molar-refractivity contribution in [3.05, 3.63) is 12.7 Å². The molecule has 3 N–H and O–H groups in total. The highest BCUT2D eigenvalue weighted by Crippen LogP contribution is 2.03. The summed E-state index contributed by atoms with van der Waals surface area (Å²) in [4.78, 5) is 10.7. The fourth-order valence-corrected chi connectivity index (χ4v) is 0.975. The highest BCUT2D eigenvalue weighted by Gasteiger charge is 2.22. The molecular weight excluding hydrogens is 170 g/mol. The smallest absolute Gasteiger partial charge is 0.320 e. The van der Waals surface area contributed by atoms with Crippen LogP contribution in [0.3, 0.4) is 0 Å². The molecule has 0 aromatic rings. The van der Waals surface area contributed by atoms with Crippen LogP contribution in [0.2, 0.25) is 0 Å². The number of aliphatic hydroxyl groups is 1. The highest BCUT2D eigenvalue weighted by atomic mass is 16.4. The third-order valence-electron chi connectivity index (χ3n) is 1.81. The molecule has 0 aliphatic carbocycles. The second-order valence-corrected chi connectivity index (χ2v) is 3.25. The zero-order chi connectivity index (χ0) is 10.4. The number of carboxylic acids is 1. The zero-order valence-corrected chi connectivity index (χ0v) is 8.03. The third kappa shape index (κ3) is 4.05. The van der Waals surface area contributed by atoms with Crippen LogP contribution in [0.4, 0.5) is 0 Å². The lowest BCUT2D eigenvalue weighted by Gasteiger charge is -2.21. The number of aliphatic hydroxyl groups excluding tert-OH is 1. The van der Waals surface area contributed by atoms with Crippen LogP contribution in [0.25, 0.3) is 0 Å². The van der Waals surface area contributed by atoms with E-state index in [2.05, 4.69) is 11.9 Å². The SMILES string of the molecule is C=CC(CO)NC(C(=O)O)C(C)C. The Morgan fingerprint density at radius 1 is 1.62 bits per heavy atom. The number of aliphatic carboxylic acids is 1. The Kier molecular flexibility index (Phi) is 5.34. The molecular formula is C9H17NO3. The number of hydrogen-bond donors (Lipinski definition) is 3. The second-order valence-electron chi connectivity index (χ2n) is 3.25. The molecule has 2 unspecified atom stereocenters. The molecule has 2 atom stereocenters. The summed E-state index contributed by atoms with van der Waals surface area (Å²) in [5, 5.41) is 20.4. The van der Waals surface area contributed by atoms with E-state index in [0.29, 0.717) is 0 Å². The van der Waals surface area contributed by atoms with Crippen LogP contribution < -0.4 is 5.32 Å². The lowest BCUT2D eigenvalue weighted by atomic mass is 10.0. The van der Waals surface area contributed by atoms with E-state index in [1.165, 1.54) is 6.08 Å². The summed E-state index contributed by atoms with van der Waals surface area (Å²) in [7, 11) is 0. The second kappa shape index (κ2) is 5.72. The summed E-state index contributed by atoms with van der Waals surface area (Å²) in [6.45, 7) is 6.97. The van der Waals surface area contributed by atoms with E-state index in [0.717, 1.165) is 0 Å². The first-order valence-electron chi connectivity index (χ1n) is 4.25. The van der Waals surface area contributed by atoms with Gasteiger partial charge in [0.15, 0.2) is 0 Å². The number of carboxylic acid groups (broad SMARTS) is 1. The highest BCUT2D eigenvalue weighted by molar-refractivity contribution is 5.73. The molecule has 0 rings (SSSR count). The molecule has 0 radical (unpaired) electrons. The molecule has 0 saturated heterocycles. The average Bonchev–Trinajstić information content (AvgIpc) is 2.05. The minimum absolute atomic E-state index is 0.0218. The first-order valence-corrected chi connectivity index (χ1v) is 4.25. The van der Waals surface area contributed by atoms with Gasteiger partial charge < -0.3 is 10.2 Å². The molecule has 0 bridgehead atoms. The minimum atomic E-state index is -0.907. The molecule has 0 saturated carbocycles. The summed E-state index contributed by atoms with van der Waals surface area (Å²) in [6, 6.07) is -1.00. The molecule has 76 valence electrons. The molecule has 0 aromatic carbocycles. The molecule has 0 amide bonds. The van der Waals surface area contributed by atoms with Gasteiger partial charge in [0.05, 0.1) is 6.61 Å². The van der Waals surface area contributed by atoms with Crippen LogP contribution in [-0.4, -0.2) is 34.9 Å². The van der Waals surface area contributed by atoms with Gasteiger partial charge in [0.2, 0.25) is 0 Å². The molecule has 13 heavy (non-hydrogen) atoms. The Hall–Kier alpha value is -0.870. The van der Waals surface area contributed by atoms with Crippen molar-refractivity contribution >= 4 is 5.97 Å². The predicted octanol–water partition coefficient (Wildman–Crippen LogP) is 0.232. The third-order valence-corrected chi connectivity index (χ3v) is 1.81. The van der Waals surface area contributed by atoms with Gasteiger partial charge >= 0.3 is 5.97 Å². The fourth-order valence-electron chi connectivity index (χ4n) is 0.975. The van der Waals surface area contributed by atoms with Gasteiger partial charge in [-0.25, -0.2) is 0 Å². The van der Waals surface area contributed by atoms with Crippen molar-refractivity contribution in [2.24, 2.45) is 5.92 Å². The van der Waals surface area contributed by atoms with Crippen molar-refractivity contribution in [2.45, 2.75) is 25.9 Å². The topological polar surface area (TPSA) is 69.6 Å². The molecule has 0 spiro atoms. The fraction of sp³-hybridized carbons (Fsp3) is 0.667. The molecule has 0 aliphatic rings. The van der Waals surface area contributed by atoms with Crippen LogP contribution >= 0.6 is 0 Å². The number of carbonyl (C=O) groups is 1. The van der Waals surface area contributed by atoms with Crippen molar-refractivity contribution in [3.63, 3.8) is 0 Å². The van der Waals surface area contributed by atoms with E-state index in [1.54, 1.807) is 0 Å². The van der Waals surface area contributed by atoms with Crippen molar-refractivity contribution in [3.8, 4) is 0 Å². The molecule has 0 aromatic heterocycles. The van der Waals surface area contributed by atoms with Gasteiger partial charge in [-0.2, -0.15) is 0 Å². The molecule has 0 heterocycles. The van der Waals surface area contributed by atoms with Gasteiger partial charge in [-0.3, -0.25) is 10.1 Å². The number of rotatable bonds is 6. The average molecular weight is 187 g/mol. The van der Waals surface area contributed by atoms with Crippen molar-refractivity contribution in [1.29, 1.82) is 0 Å². The quantitative estimate of drug-likeness (QED) is 0.521. The van der Waals surface area contributed by atoms with Crippen molar-refractivity contribution in [2.75, 3.05) is 6.61 Å². The first kappa shape index (κ1) is 12.1. The van der Waals surface area contributed by atoms with Crippen LogP contribution in [0.1, 0.15) is 13.8 Å². The maximum atomic E-state index is 10.7. The van der Waals surface area contributed by atoms with E-state index in [-0.39, 0.29) is 18.6 Å². The van der Waals surface area contributed by atoms with Crippen molar-refractivity contribution < 1.29 is 15.0 Å². The van der Waals surface area contributed by atoms with Gasteiger partial charge in [0, 0.05) is 6.04 Å². The summed E-state index contributed by atoms with van der Waals surface area (Å²) >= 11 is 0. The van der Waals surface area contributed by atoms with Crippen molar-refractivity contribution in [1.82, 2.24) is 5.32 Å². The van der Waals surface area contributed by atoms with Crippen LogP contribution in [-0.2, 0) is 4.79 Å². The normalized spacial score (nSPS) is 15.4. The summed E-state index contributed by atoms with van der Waals surface area (Å²) in [5.74, 6) is -0.929. The molecule has 4 heteroatoms. The van der Waals surface area contributed by atoms with E-state index in [1.807, 2.05) is 13.8 Å². The summed E-state index contributed by atoms with van der Waals surface area (Å²) in [6.07, 6.45) is 1.50. The first-order chi connectivity index (χ1) is 6.02. The predicted molar refractivity (Wildman–Crippen MR) is 50.5 cm³/mol. The van der Waals surface area contributed by atoms with E-state index >= 15 is 0 Å². The number of hydrogen-bond acceptors (Lipinski definition) is 3. The van der Waals surface area contributed by atoms with E-state index in [4.69, 9.17) is 10.2 Å². The Morgan fingerprint density at radius 3 is 2.38 bits per heavy atom.